The van der Waals surface area contributed by atoms with Gasteiger partial charge in [0.1, 0.15) is 0 Å². The molecule has 2 atom stereocenters. The Morgan fingerprint density at radius 2 is 1.00 bits per heavy atom. The minimum atomic E-state index is -0.314. The highest BCUT2D eigenvalue weighted by Gasteiger charge is 2.61. The highest BCUT2D eigenvalue weighted by molar-refractivity contribution is 5.02. The van der Waals surface area contributed by atoms with Gasteiger partial charge >= 0.3 is 0 Å². The van der Waals surface area contributed by atoms with Crippen molar-refractivity contribution in [2.45, 2.75) is 50.1 Å². The van der Waals surface area contributed by atoms with Crippen LogP contribution in [-0.4, -0.2) is 38.0 Å². The van der Waals surface area contributed by atoms with Crippen molar-refractivity contribution in [3.05, 3.63) is 0 Å². The molecular weight excluding hydrogens is 232 g/mol. The maximum atomic E-state index is 6.02. The van der Waals surface area contributed by atoms with Crippen LogP contribution >= 0.6 is 0 Å². The number of hydrogen-bond donors (Lipinski definition) is 0. The molecule has 0 bridgehead atoms. The summed E-state index contributed by atoms with van der Waals surface area (Å²) < 4.78 is 24.1. The molecule has 0 radical (unpaired) electrons. The Morgan fingerprint density at radius 1 is 0.611 bits per heavy atom. The second kappa shape index (κ2) is 4.17. The Hall–Kier alpha value is -0.160. The van der Waals surface area contributed by atoms with E-state index in [1.165, 1.54) is 25.7 Å². The lowest BCUT2D eigenvalue weighted by Gasteiger charge is -2.53. The van der Waals surface area contributed by atoms with Gasteiger partial charge in [0.2, 0.25) is 0 Å². The summed E-state index contributed by atoms with van der Waals surface area (Å²) in [5.41, 5.74) is 0. The first-order chi connectivity index (χ1) is 8.85. The lowest BCUT2D eigenvalue weighted by molar-refractivity contribution is -0.314. The molecule has 4 nitrogen and oxygen atoms in total. The number of ether oxygens (including phenoxy) is 4. The van der Waals surface area contributed by atoms with Crippen molar-refractivity contribution >= 4 is 0 Å². The van der Waals surface area contributed by atoms with Crippen molar-refractivity contribution in [3.63, 3.8) is 0 Å². The summed E-state index contributed by atoms with van der Waals surface area (Å²) in [6, 6.07) is 0. The normalized spacial score (nSPS) is 41.3. The van der Waals surface area contributed by atoms with Crippen molar-refractivity contribution in [3.8, 4) is 0 Å². The van der Waals surface area contributed by atoms with Gasteiger partial charge in [-0.3, -0.25) is 0 Å². The number of rotatable bonds is 0. The molecule has 2 saturated carbocycles. The Balaban J connectivity index is 1.66. The molecule has 4 aliphatic rings. The van der Waals surface area contributed by atoms with Crippen LogP contribution in [0, 0.1) is 11.8 Å². The van der Waals surface area contributed by atoms with Crippen LogP contribution < -0.4 is 0 Å². The smallest absolute Gasteiger partial charge is 0.171 e. The van der Waals surface area contributed by atoms with Gasteiger partial charge in [0.15, 0.2) is 11.6 Å². The summed E-state index contributed by atoms with van der Waals surface area (Å²) in [6.07, 6.45) is 6.80. The summed E-state index contributed by atoms with van der Waals surface area (Å²) >= 11 is 0. The number of fused-ring (bicyclic) bond motifs is 3. The largest absolute Gasteiger partial charge is 0.347 e. The molecule has 102 valence electrons. The van der Waals surface area contributed by atoms with Crippen LogP contribution in [-0.2, 0) is 18.9 Å². The van der Waals surface area contributed by atoms with Crippen molar-refractivity contribution < 1.29 is 18.9 Å². The molecule has 2 heterocycles. The highest BCUT2D eigenvalue weighted by Crippen LogP contribution is 2.55. The minimum Gasteiger partial charge on any atom is -0.347 e. The van der Waals surface area contributed by atoms with Gasteiger partial charge in [0.25, 0.3) is 0 Å². The molecule has 0 unspecified atom stereocenters. The molecule has 2 aliphatic heterocycles. The van der Waals surface area contributed by atoms with Gasteiger partial charge in [-0.2, -0.15) is 0 Å². The fourth-order valence-corrected chi connectivity index (χ4v) is 4.56. The number of hydrogen-bond acceptors (Lipinski definition) is 4. The van der Waals surface area contributed by atoms with Crippen LogP contribution in [0.4, 0.5) is 0 Å². The second-order valence-corrected chi connectivity index (χ2v) is 6.01. The molecular formula is C14H22O4. The van der Waals surface area contributed by atoms with E-state index in [0.29, 0.717) is 11.8 Å². The summed E-state index contributed by atoms with van der Waals surface area (Å²) in [6.45, 7) is 2.99. The zero-order valence-corrected chi connectivity index (χ0v) is 10.9. The molecule has 0 aromatic heterocycles. The summed E-state index contributed by atoms with van der Waals surface area (Å²) in [5, 5.41) is 0. The highest BCUT2D eigenvalue weighted by atomic mass is 16.8. The first-order valence-corrected chi connectivity index (χ1v) is 7.41. The first-order valence-electron chi connectivity index (χ1n) is 7.41. The van der Waals surface area contributed by atoms with Crippen molar-refractivity contribution in [2.24, 2.45) is 11.8 Å². The second-order valence-electron chi connectivity index (χ2n) is 6.01. The average Bonchev–Trinajstić information content (AvgIpc) is 3.06. The van der Waals surface area contributed by atoms with Gasteiger partial charge in [-0.25, -0.2) is 0 Å². The molecule has 2 spiro atoms. The Morgan fingerprint density at radius 3 is 1.39 bits per heavy atom. The average molecular weight is 254 g/mol. The van der Waals surface area contributed by atoms with E-state index >= 15 is 0 Å². The van der Waals surface area contributed by atoms with E-state index in [4.69, 9.17) is 18.9 Å². The van der Waals surface area contributed by atoms with Crippen LogP contribution in [0.15, 0.2) is 0 Å². The fourth-order valence-electron chi connectivity index (χ4n) is 4.56. The molecule has 0 aromatic rings. The fraction of sp³-hybridized carbons (Fsp3) is 1.00. The van der Waals surface area contributed by atoms with Crippen LogP contribution in [0.2, 0.25) is 0 Å². The Labute approximate surface area is 108 Å². The Bertz CT molecular complexity index is 286. The minimum absolute atomic E-state index is 0.314. The van der Waals surface area contributed by atoms with Crippen LogP contribution in [0.1, 0.15) is 38.5 Å². The quantitative estimate of drug-likeness (QED) is 0.663. The monoisotopic (exact) mass is 254 g/mol. The molecule has 4 heteroatoms. The third-order valence-electron chi connectivity index (χ3n) is 5.27. The molecule has 2 aliphatic carbocycles. The van der Waals surface area contributed by atoms with E-state index in [9.17, 15) is 0 Å². The van der Waals surface area contributed by atoms with E-state index < -0.39 is 0 Å². The maximum Gasteiger partial charge on any atom is 0.171 e. The van der Waals surface area contributed by atoms with E-state index in [0.717, 1.165) is 39.3 Å². The standard InChI is InChI=1S/C14H22O4/c1-2-4-12-11(3-1)13(15-7-8-16-13)5-6-14(12)17-9-10-18-14/h11-12H,1-10H2/t11-,12-/m1/s1. The van der Waals surface area contributed by atoms with Gasteiger partial charge in [0, 0.05) is 24.7 Å². The van der Waals surface area contributed by atoms with Crippen molar-refractivity contribution in [1.29, 1.82) is 0 Å². The van der Waals surface area contributed by atoms with Crippen molar-refractivity contribution in [2.75, 3.05) is 26.4 Å². The van der Waals surface area contributed by atoms with Gasteiger partial charge in [0.05, 0.1) is 26.4 Å². The van der Waals surface area contributed by atoms with E-state index in [1.807, 2.05) is 0 Å². The topological polar surface area (TPSA) is 36.9 Å². The third kappa shape index (κ3) is 1.52. The molecule has 0 aromatic carbocycles. The van der Waals surface area contributed by atoms with Crippen LogP contribution in [0.5, 0.6) is 0 Å². The van der Waals surface area contributed by atoms with Gasteiger partial charge in [-0.05, 0) is 12.8 Å². The van der Waals surface area contributed by atoms with Gasteiger partial charge < -0.3 is 18.9 Å². The molecule has 2 saturated heterocycles. The SMILES string of the molecule is C1CC[C@@H]2[C@@H](C1)C1(CCC23OCCO3)OCCO1. The predicted octanol–water partition coefficient (Wildman–Crippen LogP) is 2.07. The predicted molar refractivity (Wildman–Crippen MR) is 64.0 cm³/mol. The third-order valence-corrected chi connectivity index (χ3v) is 5.27. The van der Waals surface area contributed by atoms with E-state index in [-0.39, 0.29) is 11.6 Å². The van der Waals surface area contributed by atoms with Crippen LogP contribution in [0.3, 0.4) is 0 Å². The molecule has 18 heavy (non-hydrogen) atoms. The summed E-state index contributed by atoms with van der Waals surface area (Å²) in [5.74, 6) is 0.290. The molecule has 4 fully saturated rings. The molecule has 0 amide bonds. The van der Waals surface area contributed by atoms with E-state index in [1.54, 1.807) is 0 Å². The molecule has 0 N–H and O–H groups in total. The van der Waals surface area contributed by atoms with Gasteiger partial charge in [-0.15, -0.1) is 0 Å². The Kier molecular flexibility index (Phi) is 2.70. The van der Waals surface area contributed by atoms with Gasteiger partial charge in [-0.1, -0.05) is 12.8 Å². The first kappa shape index (κ1) is 11.6. The van der Waals surface area contributed by atoms with Crippen LogP contribution in [0.25, 0.3) is 0 Å². The maximum absolute atomic E-state index is 6.02. The lowest BCUT2D eigenvalue weighted by Crippen LogP contribution is -2.58. The zero-order chi connectivity index (χ0) is 12.1. The molecule has 4 rings (SSSR count). The summed E-state index contributed by atoms with van der Waals surface area (Å²) in [7, 11) is 0. The van der Waals surface area contributed by atoms with Crippen molar-refractivity contribution in [1.82, 2.24) is 0 Å². The zero-order valence-electron chi connectivity index (χ0n) is 10.9. The van der Waals surface area contributed by atoms with E-state index in [2.05, 4.69) is 0 Å². The lowest BCUT2D eigenvalue weighted by atomic mass is 9.64. The summed E-state index contributed by atoms with van der Waals surface area (Å²) in [4.78, 5) is 0.